The van der Waals surface area contributed by atoms with Gasteiger partial charge in [-0.3, -0.25) is 4.68 Å². The third-order valence-corrected chi connectivity index (χ3v) is 9.28. The molecule has 0 fully saturated rings. The number of unbranched alkanes of at least 4 members (excludes halogenated alkanes) is 4. The Bertz CT molecular complexity index is 1110. The zero-order valence-electron chi connectivity index (χ0n) is 22.7. The second-order valence-electron chi connectivity index (χ2n) is 10.9. The van der Waals surface area contributed by atoms with Crippen molar-refractivity contribution in [2.24, 2.45) is 0 Å². The van der Waals surface area contributed by atoms with E-state index in [2.05, 4.69) is 59.8 Å². The maximum atomic E-state index is 10.1. The fraction of sp³-hybridized carbons (Fsp3) is 0.531. The Labute approximate surface area is 227 Å². The maximum Gasteiger partial charge on any atom is 0.115 e. The highest BCUT2D eigenvalue weighted by atomic mass is 32.2. The SMILES string of the molecule is CCCCCCSCCc1cnn(CCCCC2c3ccc(O)cc3CCC2(C)c2ccc(O)cc2)c1. The zero-order chi connectivity index (χ0) is 26.1. The van der Waals surface area contributed by atoms with E-state index in [4.69, 9.17) is 0 Å². The second kappa shape index (κ2) is 13.4. The standard InChI is InChI=1S/C32H44N2O2S/c1-3-4-5-8-20-37-21-17-25-23-33-34(24-25)19-7-6-9-31-30-15-14-29(36)22-26(30)16-18-32(31,2)27-10-12-28(35)13-11-27/h10-15,22-24,31,35-36H,3-9,16-21H2,1-2H3. The molecular weight excluding hydrogens is 476 g/mol. The monoisotopic (exact) mass is 520 g/mol. The average Bonchev–Trinajstić information content (AvgIpc) is 3.35. The van der Waals surface area contributed by atoms with Gasteiger partial charge in [-0.05, 0) is 108 Å². The number of rotatable bonds is 14. The van der Waals surface area contributed by atoms with Gasteiger partial charge in [0.2, 0.25) is 0 Å². The molecule has 0 spiro atoms. The van der Waals surface area contributed by atoms with Crippen molar-refractivity contribution < 1.29 is 10.2 Å². The molecule has 2 unspecified atom stereocenters. The van der Waals surface area contributed by atoms with E-state index in [1.165, 1.54) is 59.4 Å². The lowest BCUT2D eigenvalue weighted by molar-refractivity contribution is 0.303. The van der Waals surface area contributed by atoms with Gasteiger partial charge in [-0.25, -0.2) is 0 Å². The lowest BCUT2D eigenvalue weighted by atomic mass is 9.60. The predicted octanol–water partition coefficient (Wildman–Crippen LogP) is 8.01. The van der Waals surface area contributed by atoms with E-state index in [9.17, 15) is 10.2 Å². The van der Waals surface area contributed by atoms with Gasteiger partial charge >= 0.3 is 0 Å². The summed E-state index contributed by atoms with van der Waals surface area (Å²) < 4.78 is 2.12. The summed E-state index contributed by atoms with van der Waals surface area (Å²) in [7, 11) is 0. The molecule has 2 aromatic carbocycles. The van der Waals surface area contributed by atoms with Crippen LogP contribution in [-0.4, -0.2) is 31.5 Å². The van der Waals surface area contributed by atoms with Gasteiger partial charge < -0.3 is 10.2 Å². The van der Waals surface area contributed by atoms with Crippen molar-refractivity contribution in [3.8, 4) is 11.5 Å². The van der Waals surface area contributed by atoms with E-state index in [0.717, 1.165) is 45.1 Å². The number of aryl methyl sites for hydroxylation is 3. The number of nitrogens with zero attached hydrogens (tertiary/aromatic N) is 2. The highest BCUT2D eigenvalue weighted by molar-refractivity contribution is 7.99. The lowest BCUT2D eigenvalue weighted by Crippen LogP contribution is -2.35. The quantitative estimate of drug-likeness (QED) is 0.211. The number of phenols is 2. The molecule has 1 aliphatic rings. The van der Waals surface area contributed by atoms with Gasteiger partial charge in [-0.15, -0.1) is 0 Å². The molecule has 0 saturated heterocycles. The van der Waals surface area contributed by atoms with Gasteiger partial charge in [-0.2, -0.15) is 16.9 Å². The summed E-state index contributed by atoms with van der Waals surface area (Å²) in [5.74, 6) is 3.51. The minimum Gasteiger partial charge on any atom is -0.508 e. The lowest BCUT2D eigenvalue weighted by Gasteiger charge is -2.43. The van der Waals surface area contributed by atoms with Crippen LogP contribution >= 0.6 is 11.8 Å². The molecule has 200 valence electrons. The third kappa shape index (κ3) is 7.34. The smallest absolute Gasteiger partial charge is 0.115 e. The number of thioether (sulfide) groups is 1. The number of phenolic OH excluding ortho intramolecular Hbond substituents is 2. The number of aromatic hydroxyl groups is 2. The Morgan fingerprint density at radius 3 is 2.59 bits per heavy atom. The first-order valence-corrected chi connectivity index (χ1v) is 15.4. The number of hydrogen-bond acceptors (Lipinski definition) is 4. The Hall–Kier alpha value is -2.40. The summed E-state index contributed by atoms with van der Waals surface area (Å²) in [5, 5.41) is 24.5. The number of hydrogen-bond donors (Lipinski definition) is 2. The van der Waals surface area contributed by atoms with Crippen LogP contribution < -0.4 is 0 Å². The van der Waals surface area contributed by atoms with Crippen molar-refractivity contribution in [2.45, 2.75) is 95.9 Å². The van der Waals surface area contributed by atoms with Crippen molar-refractivity contribution in [1.29, 1.82) is 0 Å². The zero-order valence-corrected chi connectivity index (χ0v) is 23.5. The minimum absolute atomic E-state index is 0.00471. The van der Waals surface area contributed by atoms with Crippen LogP contribution in [0.4, 0.5) is 0 Å². The Kier molecular flexibility index (Phi) is 10.0. The molecule has 1 aliphatic carbocycles. The molecule has 2 N–H and O–H groups in total. The van der Waals surface area contributed by atoms with Crippen LogP contribution in [0.3, 0.4) is 0 Å². The van der Waals surface area contributed by atoms with Gasteiger partial charge in [-0.1, -0.05) is 57.7 Å². The van der Waals surface area contributed by atoms with Gasteiger partial charge in [0.15, 0.2) is 0 Å². The van der Waals surface area contributed by atoms with Crippen molar-refractivity contribution in [3.05, 3.63) is 77.1 Å². The maximum absolute atomic E-state index is 10.1. The van der Waals surface area contributed by atoms with Gasteiger partial charge in [0.25, 0.3) is 0 Å². The van der Waals surface area contributed by atoms with Crippen LogP contribution in [0.2, 0.25) is 0 Å². The fourth-order valence-corrected chi connectivity index (χ4v) is 6.92. The summed E-state index contributed by atoms with van der Waals surface area (Å²) in [6.07, 6.45) is 16.1. The topological polar surface area (TPSA) is 58.3 Å². The fourth-order valence-electron chi connectivity index (χ4n) is 5.93. The molecule has 0 saturated carbocycles. The van der Waals surface area contributed by atoms with Gasteiger partial charge in [0.05, 0.1) is 6.20 Å². The summed E-state index contributed by atoms with van der Waals surface area (Å²) in [6, 6.07) is 13.7. The van der Waals surface area contributed by atoms with E-state index in [1.807, 2.05) is 30.5 Å². The van der Waals surface area contributed by atoms with E-state index in [0.29, 0.717) is 17.4 Å². The van der Waals surface area contributed by atoms with Crippen molar-refractivity contribution in [3.63, 3.8) is 0 Å². The molecular formula is C32H44N2O2S. The first kappa shape index (κ1) is 27.6. The average molecular weight is 521 g/mol. The number of aromatic nitrogens is 2. The molecule has 4 rings (SSSR count). The normalized spacial score (nSPS) is 19.1. The van der Waals surface area contributed by atoms with Crippen LogP contribution in [0.15, 0.2) is 54.9 Å². The highest BCUT2D eigenvalue weighted by Gasteiger charge is 2.40. The molecule has 3 aromatic rings. The molecule has 2 atom stereocenters. The van der Waals surface area contributed by atoms with Gasteiger partial charge in [0, 0.05) is 12.7 Å². The largest absolute Gasteiger partial charge is 0.508 e. The van der Waals surface area contributed by atoms with E-state index < -0.39 is 0 Å². The van der Waals surface area contributed by atoms with Gasteiger partial charge in [0.1, 0.15) is 11.5 Å². The molecule has 1 heterocycles. The molecule has 0 bridgehead atoms. The third-order valence-electron chi connectivity index (χ3n) is 8.21. The number of benzene rings is 2. The molecule has 5 heteroatoms. The molecule has 1 aromatic heterocycles. The van der Waals surface area contributed by atoms with Crippen molar-refractivity contribution in [2.75, 3.05) is 11.5 Å². The first-order valence-electron chi connectivity index (χ1n) is 14.2. The van der Waals surface area contributed by atoms with Crippen molar-refractivity contribution >= 4 is 11.8 Å². The highest BCUT2D eigenvalue weighted by Crippen LogP contribution is 2.50. The van der Waals surface area contributed by atoms with Crippen LogP contribution in [-0.2, 0) is 24.8 Å². The predicted molar refractivity (Wildman–Crippen MR) is 156 cm³/mol. The molecule has 0 aliphatic heterocycles. The first-order chi connectivity index (χ1) is 18.0. The molecule has 0 amide bonds. The Morgan fingerprint density at radius 2 is 1.78 bits per heavy atom. The van der Waals surface area contributed by atoms with E-state index >= 15 is 0 Å². The van der Waals surface area contributed by atoms with E-state index in [1.54, 1.807) is 0 Å². The molecule has 4 nitrogen and oxygen atoms in total. The van der Waals surface area contributed by atoms with Crippen LogP contribution in [0.25, 0.3) is 0 Å². The Morgan fingerprint density at radius 1 is 0.973 bits per heavy atom. The molecule has 37 heavy (non-hydrogen) atoms. The summed E-state index contributed by atoms with van der Waals surface area (Å²) in [5.41, 5.74) is 5.29. The van der Waals surface area contributed by atoms with E-state index in [-0.39, 0.29) is 5.41 Å². The summed E-state index contributed by atoms with van der Waals surface area (Å²) in [6.45, 7) is 5.59. The van der Waals surface area contributed by atoms with Crippen LogP contribution in [0.1, 0.15) is 93.4 Å². The summed E-state index contributed by atoms with van der Waals surface area (Å²) >= 11 is 2.07. The Balaban J connectivity index is 1.31. The second-order valence-corrected chi connectivity index (χ2v) is 12.2. The van der Waals surface area contributed by atoms with Crippen LogP contribution in [0, 0.1) is 0 Å². The minimum atomic E-state index is 0.00471. The number of fused-ring (bicyclic) bond motifs is 1. The van der Waals surface area contributed by atoms with Crippen molar-refractivity contribution in [1.82, 2.24) is 9.78 Å². The summed E-state index contributed by atoms with van der Waals surface area (Å²) in [4.78, 5) is 0. The van der Waals surface area contributed by atoms with Crippen LogP contribution in [0.5, 0.6) is 11.5 Å². The molecule has 0 radical (unpaired) electrons.